The molecule has 3 aromatic carbocycles. The predicted molar refractivity (Wildman–Crippen MR) is 130 cm³/mol. The maximum absolute atomic E-state index is 12.8. The number of nitrogens with one attached hydrogen (secondary N) is 1. The van der Waals surface area contributed by atoms with E-state index in [2.05, 4.69) is 5.32 Å². The second-order valence-electron chi connectivity index (χ2n) is 8.23. The van der Waals surface area contributed by atoms with Crippen molar-refractivity contribution in [2.45, 2.75) is 25.4 Å². The van der Waals surface area contributed by atoms with Crippen LogP contribution in [-0.2, 0) is 36.6 Å². The largest absolute Gasteiger partial charge is 0.478 e. The number of rotatable bonds is 8. The number of carboxylic acid groups (broad SMARTS) is 1. The van der Waals surface area contributed by atoms with Gasteiger partial charge in [0, 0.05) is 18.4 Å². The average Bonchev–Trinajstić information content (AvgIpc) is 3.55. The van der Waals surface area contributed by atoms with Gasteiger partial charge in [0.25, 0.3) is 5.91 Å². The molecule has 3 aromatic rings. The minimum absolute atomic E-state index is 0.0414. The van der Waals surface area contributed by atoms with E-state index in [1.807, 2.05) is 60.7 Å². The highest BCUT2D eigenvalue weighted by Gasteiger charge is 2.27. The molecule has 0 radical (unpaired) electrons. The molecule has 8 nitrogen and oxygen atoms in total. The molecule has 2 atom stereocenters. The number of carbonyl (C=O) groups is 2. The van der Waals surface area contributed by atoms with Crippen molar-refractivity contribution in [2.24, 2.45) is 0 Å². The van der Waals surface area contributed by atoms with Crippen LogP contribution in [0.3, 0.4) is 0 Å². The molecule has 36 heavy (non-hydrogen) atoms. The van der Waals surface area contributed by atoms with Gasteiger partial charge in [-0.3, -0.25) is 4.79 Å². The van der Waals surface area contributed by atoms with Crippen LogP contribution in [0.15, 0.2) is 97.1 Å². The first-order chi connectivity index (χ1) is 17.5. The summed E-state index contributed by atoms with van der Waals surface area (Å²) >= 11 is 0. The van der Waals surface area contributed by atoms with Gasteiger partial charge in [0.2, 0.25) is 18.3 Å². The normalized spacial score (nSPS) is 18.1. The highest BCUT2D eigenvalue weighted by molar-refractivity contribution is 6.06. The van der Waals surface area contributed by atoms with Crippen LogP contribution < -0.4 is 5.32 Å². The molecule has 0 saturated heterocycles. The van der Waals surface area contributed by atoms with Crippen LogP contribution in [0.1, 0.15) is 27.0 Å². The van der Waals surface area contributed by atoms with Crippen LogP contribution in [0.2, 0.25) is 0 Å². The van der Waals surface area contributed by atoms with E-state index in [0.29, 0.717) is 24.2 Å². The number of ether oxygens (including phenoxy) is 4. The Morgan fingerprint density at radius 3 is 2.03 bits per heavy atom. The third-order valence-corrected chi connectivity index (χ3v) is 5.67. The Hall–Kier alpha value is -4.72. The Kier molecular flexibility index (Phi) is 6.57. The summed E-state index contributed by atoms with van der Waals surface area (Å²) in [6, 6.07) is 23.9. The van der Waals surface area contributed by atoms with E-state index in [1.165, 1.54) is 24.7 Å². The van der Waals surface area contributed by atoms with Crippen molar-refractivity contribution in [3.63, 3.8) is 0 Å². The molecule has 0 fully saturated rings. The molecule has 0 aliphatic carbocycles. The Bertz CT molecular complexity index is 1320. The van der Waals surface area contributed by atoms with E-state index in [9.17, 15) is 14.7 Å². The van der Waals surface area contributed by atoms with Crippen molar-refractivity contribution in [3.05, 3.63) is 119 Å². The zero-order valence-electron chi connectivity index (χ0n) is 19.1. The molecule has 8 heteroatoms. The molecule has 2 unspecified atom stereocenters. The van der Waals surface area contributed by atoms with E-state index >= 15 is 0 Å². The van der Waals surface area contributed by atoms with Crippen molar-refractivity contribution in [3.8, 4) is 0 Å². The molecule has 0 spiro atoms. The molecule has 1 amide bonds. The van der Waals surface area contributed by atoms with Gasteiger partial charge in [0.05, 0.1) is 11.3 Å². The Morgan fingerprint density at radius 1 is 0.778 bits per heavy atom. The van der Waals surface area contributed by atoms with Crippen molar-refractivity contribution < 1.29 is 33.6 Å². The third kappa shape index (κ3) is 5.33. The Labute approximate surface area is 207 Å². The summed E-state index contributed by atoms with van der Waals surface area (Å²) in [6.07, 6.45) is 2.58. The molecule has 0 aromatic heterocycles. The number of hydrogen-bond donors (Lipinski definition) is 2. The second kappa shape index (κ2) is 10.3. The summed E-state index contributed by atoms with van der Waals surface area (Å²) in [6.45, 7) is 0. The highest BCUT2D eigenvalue weighted by atomic mass is 16.7. The first-order valence-corrected chi connectivity index (χ1v) is 11.4. The predicted octanol–water partition coefficient (Wildman–Crippen LogP) is 4.69. The zero-order chi connectivity index (χ0) is 24.9. The minimum Gasteiger partial charge on any atom is -0.478 e. The van der Waals surface area contributed by atoms with Crippen molar-refractivity contribution >= 4 is 23.3 Å². The summed E-state index contributed by atoms with van der Waals surface area (Å²) in [5.41, 5.74) is 2.63. The lowest BCUT2D eigenvalue weighted by Gasteiger charge is -2.14. The molecule has 182 valence electrons. The van der Waals surface area contributed by atoms with Gasteiger partial charge >= 0.3 is 5.97 Å². The van der Waals surface area contributed by atoms with E-state index in [4.69, 9.17) is 18.9 Å². The van der Waals surface area contributed by atoms with Crippen LogP contribution in [-0.4, -0.2) is 29.6 Å². The van der Waals surface area contributed by atoms with Crippen molar-refractivity contribution in [1.29, 1.82) is 0 Å². The summed E-state index contributed by atoms with van der Waals surface area (Å²) in [4.78, 5) is 24.6. The van der Waals surface area contributed by atoms with Gasteiger partial charge in [-0.25, -0.2) is 4.79 Å². The quantitative estimate of drug-likeness (QED) is 0.477. The Morgan fingerprint density at radius 2 is 1.39 bits per heavy atom. The monoisotopic (exact) mass is 485 g/mol. The average molecular weight is 485 g/mol. The summed E-state index contributed by atoms with van der Waals surface area (Å²) in [7, 11) is 0. The van der Waals surface area contributed by atoms with Crippen LogP contribution in [0.4, 0.5) is 5.69 Å². The van der Waals surface area contributed by atoms with Gasteiger partial charge in [-0.15, -0.1) is 0 Å². The number of carboxylic acids is 1. The van der Waals surface area contributed by atoms with E-state index in [1.54, 1.807) is 6.07 Å². The van der Waals surface area contributed by atoms with Crippen LogP contribution >= 0.6 is 0 Å². The van der Waals surface area contributed by atoms with Gasteiger partial charge in [0.15, 0.2) is 5.76 Å². The number of anilines is 1. The van der Waals surface area contributed by atoms with Crippen LogP contribution in [0.5, 0.6) is 0 Å². The first kappa shape index (κ1) is 23.0. The number of amides is 1. The fourth-order valence-electron chi connectivity index (χ4n) is 3.88. The molecule has 2 aliphatic heterocycles. The van der Waals surface area contributed by atoms with E-state index in [-0.39, 0.29) is 17.0 Å². The zero-order valence-corrected chi connectivity index (χ0v) is 19.1. The van der Waals surface area contributed by atoms with Gasteiger partial charge in [-0.1, -0.05) is 66.7 Å². The number of hydrogen-bond acceptors (Lipinski definition) is 6. The molecule has 2 N–H and O–H groups in total. The van der Waals surface area contributed by atoms with Crippen LogP contribution in [0.25, 0.3) is 5.76 Å². The summed E-state index contributed by atoms with van der Waals surface area (Å²) in [5.74, 6) is -1.41. The van der Waals surface area contributed by atoms with Gasteiger partial charge in [0.1, 0.15) is 12.5 Å². The number of carbonyl (C=O) groups excluding carboxylic acids is 1. The number of aromatic carboxylic acids is 1. The molecule has 0 bridgehead atoms. The summed E-state index contributed by atoms with van der Waals surface area (Å²) < 4.78 is 22.6. The van der Waals surface area contributed by atoms with E-state index < -0.39 is 24.5 Å². The summed E-state index contributed by atoms with van der Waals surface area (Å²) in [5, 5.41) is 12.2. The lowest BCUT2D eigenvalue weighted by molar-refractivity contribution is -0.118. The third-order valence-electron chi connectivity index (χ3n) is 5.67. The van der Waals surface area contributed by atoms with Gasteiger partial charge in [-0.05, 0) is 23.3 Å². The van der Waals surface area contributed by atoms with Gasteiger partial charge in [-0.2, -0.15) is 0 Å². The van der Waals surface area contributed by atoms with E-state index in [0.717, 1.165) is 11.1 Å². The first-order valence-electron chi connectivity index (χ1n) is 11.4. The standard InChI is InChI=1S/C28H23NO7/c30-27(24-17-34-26(36-24)14-19-9-5-2-6-10-19)29-22-15-20(11-12-21(22)28(31)32)23-16-33-25(35-23)13-18-7-3-1-4-8-18/h1-12,15-17,25-26H,13-14H2,(H,29,30)(H,31,32). The fourth-order valence-corrected chi connectivity index (χ4v) is 3.88. The second-order valence-corrected chi connectivity index (χ2v) is 8.23. The molecule has 2 heterocycles. The topological polar surface area (TPSA) is 103 Å². The maximum Gasteiger partial charge on any atom is 0.337 e. The SMILES string of the molecule is O=C(Nc1cc(C2=COC(Cc3ccccc3)O2)ccc1C(=O)O)C1=COC(Cc2ccccc2)O1. The van der Waals surface area contributed by atoms with Gasteiger partial charge < -0.3 is 29.4 Å². The smallest absolute Gasteiger partial charge is 0.337 e. The molecule has 2 aliphatic rings. The fraction of sp³-hybridized carbons (Fsp3) is 0.143. The maximum atomic E-state index is 12.8. The number of benzene rings is 3. The Balaban J connectivity index is 1.25. The molecular formula is C28H23NO7. The lowest BCUT2D eigenvalue weighted by atomic mass is 10.1. The van der Waals surface area contributed by atoms with Crippen molar-refractivity contribution in [2.75, 3.05) is 5.32 Å². The van der Waals surface area contributed by atoms with Crippen molar-refractivity contribution in [1.82, 2.24) is 0 Å². The molecule has 0 saturated carbocycles. The highest BCUT2D eigenvalue weighted by Crippen LogP contribution is 2.30. The lowest BCUT2D eigenvalue weighted by Crippen LogP contribution is -2.20. The minimum atomic E-state index is -1.18. The molecule has 5 rings (SSSR count). The molecular weight excluding hydrogens is 462 g/mol. The van der Waals surface area contributed by atoms with Crippen LogP contribution in [0, 0.1) is 0 Å².